The van der Waals surface area contributed by atoms with E-state index in [9.17, 15) is 0 Å². The fourth-order valence-corrected chi connectivity index (χ4v) is 6.19. The number of hydrogen-bond acceptors (Lipinski definition) is 1. The first-order valence-corrected chi connectivity index (χ1v) is 8.94. The van der Waals surface area contributed by atoms with Crippen LogP contribution in [0.2, 0.25) is 0 Å². The Morgan fingerprint density at radius 2 is 1.56 bits per heavy atom. The minimum absolute atomic E-state index is 0.881. The SMILES string of the molecule is PPc1cscc1PP. The van der Waals surface area contributed by atoms with Crippen molar-refractivity contribution in [3.63, 3.8) is 0 Å². The van der Waals surface area contributed by atoms with Gasteiger partial charge in [-0.3, -0.25) is 0 Å². The predicted molar refractivity (Wildman–Crippen MR) is 59.6 cm³/mol. The Balaban J connectivity index is 2.85. The van der Waals surface area contributed by atoms with Gasteiger partial charge in [-0.25, -0.2) is 0 Å². The zero-order valence-electron chi connectivity index (χ0n) is 4.72. The first-order valence-electron chi connectivity index (χ1n) is 2.38. The van der Waals surface area contributed by atoms with E-state index in [0.29, 0.717) is 0 Å². The summed E-state index contributed by atoms with van der Waals surface area (Å²) in [5.41, 5.74) is 0. The van der Waals surface area contributed by atoms with Crippen LogP contribution in [0.25, 0.3) is 0 Å². The summed E-state index contributed by atoms with van der Waals surface area (Å²) in [5, 5.41) is 7.49. The Hall–Kier alpha value is 1.42. The minimum Gasteiger partial charge on any atom is -0.151 e. The lowest BCUT2D eigenvalue weighted by Gasteiger charge is -1.93. The van der Waals surface area contributed by atoms with Crippen molar-refractivity contribution in [2.45, 2.75) is 0 Å². The Kier molecular flexibility index (Phi) is 4.10. The molecule has 0 saturated carbocycles. The molecule has 4 atom stereocenters. The van der Waals surface area contributed by atoms with Crippen LogP contribution in [-0.2, 0) is 0 Å². The fraction of sp³-hybridized carbons (Fsp3) is 0. The van der Waals surface area contributed by atoms with E-state index in [1.807, 2.05) is 0 Å². The number of rotatable bonds is 2. The van der Waals surface area contributed by atoms with E-state index in [1.165, 1.54) is 10.6 Å². The summed E-state index contributed by atoms with van der Waals surface area (Å²) in [6, 6.07) is 0. The molecule has 1 aromatic rings. The maximum Gasteiger partial charge on any atom is -0.000896 e. The van der Waals surface area contributed by atoms with Crippen molar-refractivity contribution in [3.8, 4) is 0 Å². The molecule has 0 bridgehead atoms. The molecule has 0 radical (unpaired) electrons. The lowest BCUT2D eigenvalue weighted by Crippen LogP contribution is -2.05. The molecule has 0 saturated heterocycles. The van der Waals surface area contributed by atoms with Crippen LogP contribution >= 0.6 is 45.7 Å². The molecular weight excluding hydrogens is 204 g/mol. The highest BCUT2D eigenvalue weighted by Crippen LogP contribution is 2.26. The maximum absolute atomic E-state index is 2.78. The molecule has 0 aliphatic carbocycles. The highest BCUT2D eigenvalue weighted by atomic mass is 32.1. The predicted octanol–water partition coefficient (Wildman–Crippen LogP) is 1.94. The molecule has 0 nitrogen and oxygen atoms in total. The molecule has 0 aliphatic heterocycles. The molecule has 1 heterocycles. The van der Waals surface area contributed by atoms with Crippen molar-refractivity contribution in [2.75, 3.05) is 0 Å². The molecule has 1 aromatic heterocycles. The van der Waals surface area contributed by atoms with E-state index in [-0.39, 0.29) is 0 Å². The second-order valence-electron chi connectivity index (χ2n) is 1.49. The van der Waals surface area contributed by atoms with E-state index in [0.717, 1.165) is 16.5 Å². The van der Waals surface area contributed by atoms with Crippen molar-refractivity contribution >= 4 is 56.3 Å². The summed E-state index contributed by atoms with van der Waals surface area (Å²) in [6.07, 6.45) is 0. The molecule has 50 valence electrons. The third kappa shape index (κ3) is 2.18. The molecule has 0 spiro atoms. The van der Waals surface area contributed by atoms with Crippen LogP contribution in [0.5, 0.6) is 0 Å². The average molecular weight is 212 g/mol. The summed E-state index contributed by atoms with van der Waals surface area (Å²) >= 11 is 1.80. The van der Waals surface area contributed by atoms with Crippen LogP contribution < -0.4 is 10.6 Å². The van der Waals surface area contributed by atoms with Gasteiger partial charge in [0.05, 0.1) is 0 Å². The van der Waals surface area contributed by atoms with E-state index < -0.39 is 0 Å². The molecule has 0 N–H and O–H groups in total. The first kappa shape index (κ1) is 8.52. The summed E-state index contributed by atoms with van der Waals surface area (Å²) in [7, 11) is 7.32. The van der Waals surface area contributed by atoms with Gasteiger partial charge in [-0.05, 0) is 21.4 Å². The second kappa shape index (κ2) is 4.33. The highest BCUT2D eigenvalue weighted by Gasteiger charge is 1.96. The largest absolute Gasteiger partial charge is 0.151 e. The van der Waals surface area contributed by atoms with Crippen LogP contribution in [0.3, 0.4) is 0 Å². The van der Waals surface area contributed by atoms with Gasteiger partial charge >= 0.3 is 0 Å². The van der Waals surface area contributed by atoms with E-state index >= 15 is 0 Å². The van der Waals surface area contributed by atoms with Crippen molar-refractivity contribution in [1.82, 2.24) is 0 Å². The van der Waals surface area contributed by atoms with Crippen LogP contribution in [-0.4, -0.2) is 0 Å². The standard InChI is InChI=1S/C4H8P4S/c5-7-3-1-9-2-4(3)8-6/h1-2,7-8H,5-6H2. The molecule has 0 amide bonds. The second-order valence-corrected chi connectivity index (χ2v) is 5.62. The van der Waals surface area contributed by atoms with Crippen molar-refractivity contribution in [2.24, 2.45) is 0 Å². The molecule has 0 aromatic carbocycles. The van der Waals surface area contributed by atoms with Gasteiger partial charge < -0.3 is 0 Å². The molecule has 0 fully saturated rings. The summed E-state index contributed by atoms with van der Waals surface area (Å²) in [5.74, 6) is 0. The van der Waals surface area contributed by atoms with Gasteiger partial charge in [0.15, 0.2) is 0 Å². The van der Waals surface area contributed by atoms with Crippen LogP contribution in [0, 0.1) is 0 Å². The average Bonchev–Trinajstić information content (AvgIpc) is 2.33. The van der Waals surface area contributed by atoms with Gasteiger partial charge in [0.25, 0.3) is 0 Å². The topological polar surface area (TPSA) is 0 Å². The van der Waals surface area contributed by atoms with Crippen molar-refractivity contribution < 1.29 is 0 Å². The van der Waals surface area contributed by atoms with Gasteiger partial charge in [0.1, 0.15) is 0 Å². The number of hydrogen-bond donors (Lipinski definition) is 0. The molecule has 4 unspecified atom stereocenters. The monoisotopic (exact) mass is 212 g/mol. The quantitative estimate of drug-likeness (QED) is 0.657. The molecule has 1 rings (SSSR count). The highest BCUT2D eigenvalue weighted by molar-refractivity contribution is 8.10. The van der Waals surface area contributed by atoms with Crippen LogP contribution in [0.4, 0.5) is 0 Å². The number of thiophene rings is 1. The summed E-state index contributed by atoms with van der Waals surface area (Å²) < 4.78 is 0. The summed E-state index contributed by atoms with van der Waals surface area (Å²) in [6.45, 7) is 0. The lowest BCUT2D eigenvalue weighted by molar-refractivity contribution is 2.34. The minimum atomic E-state index is 0.881. The first-order chi connectivity index (χ1) is 4.38. The van der Waals surface area contributed by atoms with Gasteiger partial charge in [-0.15, -0.1) is 17.9 Å². The Bertz CT molecular complexity index is 166. The Labute approximate surface area is 67.4 Å². The van der Waals surface area contributed by atoms with Crippen molar-refractivity contribution in [3.05, 3.63) is 10.8 Å². The van der Waals surface area contributed by atoms with E-state index in [1.54, 1.807) is 11.3 Å². The van der Waals surface area contributed by atoms with Crippen LogP contribution in [0.15, 0.2) is 10.8 Å². The summed E-state index contributed by atoms with van der Waals surface area (Å²) in [4.78, 5) is 0. The van der Waals surface area contributed by atoms with Gasteiger partial charge in [0, 0.05) is 0 Å². The van der Waals surface area contributed by atoms with Crippen LogP contribution in [0.1, 0.15) is 0 Å². The molecular formula is C4H8P4S. The molecule has 0 aliphatic rings. The zero-order chi connectivity index (χ0) is 6.69. The lowest BCUT2D eigenvalue weighted by atomic mass is 10.7. The van der Waals surface area contributed by atoms with E-state index in [4.69, 9.17) is 0 Å². The smallest absolute Gasteiger partial charge is 0.000896 e. The molecule has 5 heteroatoms. The fourth-order valence-electron chi connectivity index (χ4n) is 0.521. The van der Waals surface area contributed by atoms with Gasteiger partial charge in [-0.1, -0.05) is 16.5 Å². The van der Waals surface area contributed by atoms with E-state index in [2.05, 4.69) is 28.6 Å². The Morgan fingerprint density at radius 1 is 1.11 bits per heavy atom. The normalized spacial score (nSPS) is 12.7. The van der Waals surface area contributed by atoms with Crippen molar-refractivity contribution in [1.29, 1.82) is 0 Å². The Morgan fingerprint density at radius 3 is 1.89 bits per heavy atom. The van der Waals surface area contributed by atoms with Gasteiger partial charge in [-0.2, -0.15) is 11.3 Å². The third-order valence-electron chi connectivity index (χ3n) is 0.973. The molecule has 9 heavy (non-hydrogen) atoms. The van der Waals surface area contributed by atoms with Gasteiger partial charge in [0.2, 0.25) is 0 Å². The third-order valence-corrected chi connectivity index (χ3v) is 5.70. The zero-order valence-corrected chi connectivity index (χ0v) is 9.84. The maximum atomic E-state index is 2.78.